The number of fused-ring (bicyclic) bond motifs is 1. The van der Waals surface area contributed by atoms with E-state index >= 15 is 0 Å². The summed E-state index contributed by atoms with van der Waals surface area (Å²) < 4.78 is 7.96. The summed E-state index contributed by atoms with van der Waals surface area (Å²) in [5.41, 5.74) is 2.94. The Kier molecular flexibility index (Phi) is 4.63. The number of nitriles is 1. The summed E-state index contributed by atoms with van der Waals surface area (Å²) in [5.74, 6) is 0.758. The zero-order valence-electron chi connectivity index (χ0n) is 14.3. The zero-order valence-corrected chi connectivity index (χ0v) is 14.3. The highest BCUT2D eigenvalue weighted by Gasteiger charge is 2.26. The van der Waals surface area contributed by atoms with Crippen LogP contribution in [0.2, 0.25) is 0 Å². The van der Waals surface area contributed by atoms with Crippen molar-refractivity contribution in [3.63, 3.8) is 0 Å². The fourth-order valence-corrected chi connectivity index (χ4v) is 3.34. The lowest BCUT2D eigenvalue weighted by Gasteiger charge is -2.34. The van der Waals surface area contributed by atoms with Crippen LogP contribution >= 0.6 is 0 Å². The summed E-state index contributed by atoms with van der Waals surface area (Å²) >= 11 is 0. The topological polar surface area (TPSA) is 67.0 Å². The smallest absolute Gasteiger partial charge is 0.137 e. The molecule has 0 amide bonds. The third kappa shape index (κ3) is 3.44. The van der Waals surface area contributed by atoms with Crippen LogP contribution in [0.25, 0.3) is 0 Å². The van der Waals surface area contributed by atoms with E-state index in [9.17, 15) is 5.26 Å². The fraction of sp³-hybridized carbons (Fsp3) is 0.250. The normalized spacial score (nSPS) is 16.7. The van der Waals surface area contributed by atoms with Crippen molar-refractivity contribution in [2.24, 2.45) is 0 Å². The summed E-state index contributed by atoms with van der Waals surface area (Å²) in [6.07, 6.45) is 5.28. The highest BCUT2D eigenvalue weighted by atomic mass is 16.5. The summed E-state index contributed by atoms with van der Waals surface area (Å²) in [4.78, 5) is 6.42. The molecule has 1 aliphatic rings. The first kappa shape index (κ1) is 16.3. The molecule has 1 atom stereocenters. The van der Waals surface area contributed by atoms with Gasteiger partial charge in [-0.05, 0) is 29.8 Å². The van der Waals surface area contributed by atoms with E-state index in [1.807, 2.05) is 53.3 Å². The second-order valence-electron chi connectivity index (χ2n) is 6.36. The van der Waals surface area contributed by atoms with Gasteiger partial charge in [-0.25, -0.2) is 0 Å². The molecule has 0 radical (unpaired) electrons. The first-order valence-corrected chi connectivity index (χ1v) is 8.59. The average Bonchev–Trinajstić information content (AvgIpc) is 3.16. The molecule has 1 aliphatic heterocycles. The van der Waals surface area contributed by atoms with Crippen LogP contribution in [-0.4, -0.2) is 32.8 Å². The molecular weight excluding hydrogens is 326 g/mol. The van der Waals surface area contributed by atoms with Gasteiger partial charge in [-0.1, -0.05) is 18.2 Å². The molecular formula is C20H19N5O. The standard InChI is InChI=1S/C20H19N5O/c21-10-16-4-1-2-5-17(16)12-24-13-18-7-9-23-25(18)19(14-24)15-26-20-6-3-8-22-11-20/h1-9,11,19H,12-15H2. The van der Waals surface area contributed by atoms with E-state index in [1.54, 1.807) is 12.4 Å². The number of ether oxygens (including phenoxy) is 1. The van der Waals surface area contributed by atoms with Gasteiger partial charge in [-0.15, -0.1) is 0 Å². The van der Waals surface area contributed by atoms with Gasteiger partial charge in [0.25, 0.3) is 0 Å². The number of hydrogen-bond acceptors (Lipinski definition) is 5. The molecule has 0 saturated heterocycles. The monoisotopic (exact) mass is 345 g/mol. The van der Waals surface area contributed by atoms with Crippen molar-refractivity contribution in [2.45, 2.75) is 19.1 Å². The summed E-state index contributed by atoms with van der Waals surface area (Å²) in [6.45, 7) is 2.88. The van der Waals surface area contributed by atoms with Gasteiger partial charge >= 0.3 is 0 Å². The molecule has 0 spiro atoms. The largest absolute Gasteiger partial charge is 0.490 e. The van der Waals surface area contributed by atoms with Crippen LogP contribution in [0.5, 0.6) is 5.75 Å². The second-order valence-corrected chi connectivity index (χ2v) is 6.36. The molecule has 3 heterocycles. The maximum absolute atomic E-state index is 9.33. The highest BCUT2D eigenvalue weighted by molar-refractivity contribution is 5.37. The van der Waals surface area contributed by atoms with Gasteiger partial charge in [-0.3, -0.25) is 14.6 Å². The Morgan fingerprint density at radius 2 is 2.08 bits per heavy atom. The predicted molar refractivity (Wildman–Crippen MR) is 96.3 cm³/mol. The van der Waals surface area contributed by atoms with Crippen LogP contribution < -0.4 is 4.74 Å². The Bertz CT molecular complexity index is 915. The summed E-state index contributed by atoms with van der Waals surface area (Å²) in [5, 5.41) is 13.8. The van der Waals surface area contributed by atoms with E-state index in [0.717, 1.165) is 42.2 Å². The van der Waals surface area contributed by atoms with E-state index in [4.69, 9.17) is 4.74 Å². The SMILES string of the molecule is N#Cc1ccccc1CN1Cc2ccnn2C(COc2cccnc2)C1. The van der Waals surface area contributed by atoms with Crippen LogP contribution in [0, 0.1) is 11.3 Å². The molecule has 0 bridgehead atoms. The lowest BCUT2D eigenvalue weighted by Crippen LogP contribution is -2.39. The van der Waals surface area contributed by atoms with Crippen molar-refractivity contribution >= 4 is 0 Å². The first-order valence-electron chi connectivity index (χ1n) is 8.59. The van der Waals surface area contributed by atoms with E-state index < -0.39 is 0 Å². The van der Waals surface area contributed by atoms with Gasteiger partial charge in [0.1, 0.15) is 12.4 Å². The van der Waals surface area contributed by atoms with Crippen molar-refractivity contribution in [3.8, 4) is 11.8 Å². The van der Waals surface area contributed by atoms with E-state index in [-0.39, 0.29) is 6.04 Å². The van der Waals surface area contributed by atoms with Gasteiger partial charge in [0.15, 0.2) is 0 Å². The molecule has 6 heteroatoms. The van der Waals surface area contributed by atoms with Crippen molar-refractivity contribution in [2.75, 3.05) is 13.2 Å². The Balaban J connectivity index is 1.50. The summed E-state index contributed by atoms with van der Waals surface area (Å²) in [7, 11) is 0. The minimum Gasteiger partial charge on any atom is -0.490 e. The third-order valence-corrected chi connectivity index (χ3v) is 4.56. The average molecular weight is 345 g/mol. The van der Waals surface area contributed by atoms with Crippen LogP contribution in [0.3, 0.4) is 0 Å². The molecule has 4 rings (SSSR count). The molecule has 0 N–H and O–H groups in total. The molecule has 0 fully saturated rings. The molecule has 0 saturated carbocycles. The van der Waals surface area contributed by atoms with Crippen molar-refractivity contribution in [1.82, 2.24) is 19.7 Å². The lowest BCUT2D eigenvalue weighted by atomic mass is 10.1. The molecule has 130 valence electrons. The highest BCUT2D eigenvalue weighted by Crippen LogP contribution is 2.23. The van der Waals surface area contributed by atoms with Crippen LogP contribution in [0.15, 0.2) is 61.1 Å². The number of aromatic nitrogens is 3. The molecule has 6 nitrogen and oxygen atoms in total. The predicted octanol–water partition coefficient (Wildman–Crippen LogP) is 2.79. The van der Waals surface area contributed by atoms with E-state index in [2.05, 4.69) is 21.1 Å². The number of nitrogens with zero attached hydrogens (tertiary/aromatic N) is 5. The van der Waals surface area contributed by atoms with Crippen molar-refractivity contribution in [1.29, 1.82) is 5.26 Å². The number of rotatable bonds is 5. The Hall–Kier alpha value is -3.17. The third-order valence-electron chi connectivity index (χ3n) is 4.56. The Morgan fingerprint density at radius 3 is 2.92 bits per heavy atom. The molecule has 1 unspecified atom stereocenters. The first-order chi connectivity index (χ1) is 12.8. The quantitative estimate of drug-likeness (QED) is 0.711. The van der Waals surface area contributed by atoms with Gasteiger partial charge < -0.3 is 4.74 Å². The zero-order chi connectivity index (χ0) is 17.8. The minimum atomic E-state index is 0.114. The van der Waals surface area contributed by atoms with Gasteiger partial charge in [0, 0.05) is 32.0 Å². The molecule has 26 heavy (non-hydrogen) atoms. The van der Waals surface area contributed by atoms with Crippen molar-refractivity contribution in [3.05, 3.63) is 77.9 Å². The van der Waals surface area contributed by atoms with Gasteiger partial charge in [0.05, 0.1) is 29.6 Å². The Morgan fingerprint density at radius 1 is 1.15 bits per heavy atom. The second kappa shape index (κ2) is 7.38. The van der Waals surface area contributed by atoms with Gasteiger partial charge in [-0.2, -0.15) is 10.4 Å². The number of benzene rings is 1. The lowest BCUT2D eigenvalue weighted by molar-refractivity contribution is 0.127. The summed E-state index contributed by atoms with van der Waals surface area (Å²) in [6, 6.07) is 16.0. The number of hydrogen-bond donors (Lipinski definition) is 0. The molecule has 3 aromatic rings. The Labute approximate surface area is 152 Å². The van der Waals surface area contributed by atoms with Crippen LogP contribution in [-0.2, 0) is 13.1 Å². The van der Waals surface area contributed by atoms with Crippen molar-refractivity contribution < 1.29 is 4.74 Å². The maximum atomic E-state index is 9.33. The van der Waals surface area contributed by atoms with Crippen LogP contribution in [0.1, 0.15) is 22.9 Å². The number of pyridine rings is 1. The maximum Gasteiger partial charge on any atom is 0.137 e. The van der Waals surface area contributed by atoms with E-state index in [0.29, 0.717) is 6.61 Å². The van der Waals surface area contributed by atoms with Crippen LogP contribution in [0.4, 0.5) is 0 Å². The van der Waals surface area contributed by atoms with E-state index in [1.165, 1.54) is 0 Å². The van der Waals surface area contributed by atoms with Gasteiger partial charge in [0.2, 0.25) is 0 Å². The fourth-order valence-electron chi connectivity index (χ4n) is 3.34. The molecule has 0 aliphatic carbocycles. The molecule has 1 aromatic carbocycles. The molecule has 2 aromatic heterocycles. The minimum absolute atomic E-state index is 0.114.